The molecule has 1 aromatic heterocycles. The maximum absolute atomic E-state index is 12.3. The second kappa shape index (κ2) is 4.53. The minimum Gasteiger partial charge on any atom is -0.288 e. The van der Waals surface area contributed by atoms with Crippen molar-refractivity contribution in [1.29, 1.82) is 0 Å². The van der Waals surface area contributed by atoms with E-state index in [1.54, 1.807) is 10.9 Å². The van der Waals surface area contributed by atoms with E-state index in [1.807, 2.05) is 45.2 Å². The molecule has 0 bridgehead atoms. The number of rotatable bonds is 3. The summed E-state index contributed by atoms with van der Waals surface area (Å²) in [5, 5.41) is 4.29. The zero-order valence-corrected chi connectivity index (χ0v) is 10.4. The van der Waals surface area contributed by atoms with E-state index in [2.05, 4.69) is 5.10 Å². The van der Waals surface area contributed by atoms with Gasteiger partial charge in [0.15, 0.2) is 5.78 Å². The van der Waals surface area contributed by atoms with E-state index in [4.69, 9.17) is 0 Å². The summed E-state index contributed by atoms with van der Waals surface area (Å²) in [6, 6.07) is 7.64. The average Bonchev–Trinajstić information content (AvgIpc) is 2.70. The predicted octanol–water partition coefficient (Wildman–Crippen LogP) is 2.52. The van der Waals surface area contributed by atoms with Crippen LogP contribution >= 0.6 is 0 Å². The first-order valence-electron chi connectivity index (χ1n) is 5.75. The van der Waals surface area contributed by atoms with Gasteiger partial charge in [0, 0.05) is 18.8 Å². The van der Waals surface area contributed by atoms with Gasteiger partial charge in [0.05, 0.1) is 11.3 Å². The van der Waals surface area contributed by atoms with E-state index in [0.29, 0.717) is 5.56 Å². The van der Waals surface area contributed by atoms with Gasteiger partial charge < -0.3 is 0 Å². The number of hydrogen-bond acceptors (Lipinski definition) is 2. The van der Waals surface area contributed by atoms with Crippen LogP contribution in [0.3, 0.4) is 0 Å². The summed E-state index contributed by atoms with van der Waals surface area (Å²) in [4.78, 5) is 12.3. The van der Waals surface area contributed by atoms with Crippen LogP contribution in [0.25, 0.3) is 0 Å². The lowest BCUT2D eigenvalue weighted by atomic mass is 10.0. The van der Waals surface area contributed by atoms with Gasteiger partial charge in [-0.15, -0.1) is 0 Å². The summed E-state index contributed by atoms with van der Waals surface area (Å²) in [5.74, 6) is 0.0509. The van der Waals surface area contributed by atoms with Crippen LogP contribution in [0.2, 0.25) is 0 Å². The molecule has 0 saturated carbocycles. The molecule has 1 heterocycles. The normalized spacial score (nSPS) is 10.5. The van der Waals surface area contributed by atoms with Crippen molar-refractivity contribution in [3.63, 3.8) is 0 Å². The minimum atomic E-state index is 0.0509. The quantitative estimate of drug-likeness (QED) is 0.757. The van der Waals surface area contributed by atoms with E-state index in [9.17, 15) is 4.79 Å². The molecule has 2 aromatic rings. The van der Waals surface area contributed by atoms with Gasteiger partial charge in [-0.05, 0) is 13.3 Å². The predicted molar refractivity (Wildman–Crippen MR) is 67.2 cm³/mol. The van der Waals surface area contributed by atoms with Crippen molar-refractivity contribution in [2.24, 2.45) is 7.05 Å². The van der Waals surface area contributed by atoms with Gasteiger partial charge in [-0.2, -0.15) is 5.10 Å². The summed E-state index contributed by atoms with van der Waals surface area (Å²) < 4.78 is 1.69. The van der Waals surface area contributed by atoms with Crippen LogP contribution in [0.1, 0.15) is 34.1 Å². The Bertz CT molecular complexity index is 538. The van der Waals surface area contributed by atoms with Crippen molar-refractivity contribution < 1.29 is 4.79 Å². The molecule has 0 radical (unpaired) electrons. The summed E-state index contributed by atoms with van der Waals surface area (Å²) in [7, 11) is 1.84. The zero-order chi connectivity index (χ0) is 12.4. The van der Waals surface area contributed by atoms with E-state index in [1.165, 1.54) is 0 Å². The third-order valence-corrected chi connectivity index (χ3v) is 2.80. The maximum Gasteiger partial charge on any atom is 0.196 e. The van der Waals surface area contributed by atoms with Gasteiger partial charge in [-0.3, -0.25) is 9.48 Å². The maximum atomic E-state index is 12.3. The summed E-state index contributed by atoms with van der Waals surface area (Å²) in [6.45, 7) is 4.02. The molecule has 0 atom stereocenters. The topological polar surface area (TPSA) is 34.9 Å². The van der Waals surface area contributed by atoms with Crippen molar-refractivity contribution in [3.05, 3.63) is 52.8 Å². The van der Waals surface area contributed by atoms with E-state index in [-0.39, 0.29) is 5.78 Å². The van der Waals surface area contributed by atoms with E-state index >= 15 is 0 Å². The number of hydrogen-bond donors (Lipinski definition) is 0. The van der Waals surface area contributed by atoms with Crippen molar-refractivity contribution >= 4 is 5.78 Å². The third kappa shape index (κ3) is 2.28. The van der Waals surface area contributed by atoms with Crippen molar-refractivity contribution in [2.45, 2.75) is 20.3 Å². The van der Waals surface area contributed by atoms with Crippen LogP contribution in [0, 0.1) is 6.92 Å². The fourth-order valence-electron chi connectivity index (χ4n) is 1.85. The fraction of sp³-hybridized carbons (Fsp3) is 0.286. The van der Waals surface area contributed by atoms with Gasteiger partial charge in [-0.1, -0.05) is 36.8 Å². The van der Waals surface area contributed by atoms with Crippen LogP contribution in [0.15, 0.2) is 30.5 Å². The monoisotopic (exact) mass is 228 g/mol. The standard InChI is InChI=1S/C14H16N2O/c1-4-13-12(9-16(3)15-13)14(17)11-7-5-10(2)6-8-11/h5-9H,4H2,1-3H3. The van der Waals surface area contributed by atoms with Crippen molar-refractivity contribution in [1.82, 2.24) is 9.78 Å². The molecule has 17 heavy (non-hydrogen) atoms. The number of nitrogens with zero attached hydrogens (tertiary/aromatic N) is 2. The Kier molecular flexibility index (Phi) is 3.09. The number of ketones is 1. The van der Waals surface area contributed by atoms with E-state index < -0.39 is 0 Å². The molecule has 3 nitrogen and oxygen atoms in total. The lowest BCUT2D eigenvalue weighted by Crippen LogP contribution is -2.03. The molecule has 0 unspecified atom stereocenters. The number of aryl methyl sites for hydroxylation is 3. The highest BCUT2D eigenvalue weighted by atomic mass is 16.1. The lowest BCUT2D eigenvalue weighted by molar-refractivity contribution is 0.103. The second-order valence-corrected chi connectivity index (χ2v) is 4.21. The molecule has 0 fully saturated rings. The smallest absolute Gasteiger partial charge is 0.196 e. The van der Waals surface area contributed by atoms with Gasteiger partial charge in [-0.25, -0.2) is 0 Å². The molecule has 0 spiro atoms. The summed E-state index contributed by atoms with van der Waals surface area (Å²) >= 11 is 0. The average molecular weight is 228 g/mol. The first kappa shape index (κ1) is 11.6. The molecule has 1 aromatic carbocycles. The van der Waals surface area contributed by atoms with Crippen LogP contribution < -0.4 is 0 Å². The van der Waals surface area contributed by atoms with E-state index in [0.717, 1.165) is 23.2 Å². The number of aromatic nitrogens is 2. The second-order valence-electron chi connectivity index (χ2n) is 4.21. The Morgan fingerprint density at radius 3 is 2.53 bits per heavy atom. The molecule has 0 aliphatic carbocycles. The lowest BCUT2D eigenvalue weighted by Gasteiger charge is -2.00. The summed E-state index contributed by atoms with van der Waals surface area (Å²) in [6.07, 6.45) is 2.56. The van der Waals surface area contributed by atoms with Gasteiger partial charge in [0.2, 0.25) is 0 Å². The molecular formula is C14H16N2O. The van der Waals surface area contributed by atoms with Crippen LogP contribution in [-0.4, -0.2) is 15.6 Å². The Morgan fingerprint density at radius 2 is 1.94 bits per heavy atom. The van der Waals surface area contributed by atoms with Crippen molar-refractivity contribution in [2.75, 3.05) is 0 Å². The highest BCUT2D eigenvalue weighted by molar-refractivity contribution is 6.09. The number of carbonyl (C=O) groups is 1. The number of benzene rings is 1. The molecule has 88 valence electrons. The zero-order valence-electron chi connectivity index (χ0n) is 10.4. The van der Waals surface area contributed by atoms with Gasteiger partial charge >= 0.3 is 0 Å². The van der Waals surface area contributed by atoms with Crippen LogP contribution in [0.4, 0.5) is 0 Å². The first-order chi connectivity index (χ1) is 8.11. The molecule has 0 aliphatic rings. The molecule has 0 saturated heterocycles. The van der Waals surface area contributed by atoms with Gasteiger partial charge in [0.1, 0.15) is 0 Å². The molecular weight excluding hydrogens is 212 g/mol. The van der Waals surface area contributed by atoms with Gasteiger partial charge in [0.25, 0.3) is 0 Å². The highest BCUT2D eigenvalue weighted by Gasteiger charge is 2.15. The third-order valence-electron chi connectivity index (χ3n) is 2.80. The molecule has 0 aliphatic heterocycles. The summed E-state index contributed by atoms with van der Waals surface area (Å²) in [5.41, 5.74) is 3.44. The Balaban J connectivity index is 2.39. The Labute approximate surface area is 101 Å². The molecule has 0 N–H and O–H groups in total. The molecule has 0 amide bonds. The van der Waals surface area contributed by atoms with Crippen molar-refractivity contribution in [3.8, 4) is 0 Å². The largest absolute Gasteiger partial charge is 0.288 e. The first-order valence-corrected chi connectivity index (χ1v) is 5.75. The van der Waals surface area contributed by atoms with Crippen LogP contribution in [-0.2, 0) is 13.5 Å². The Hall–Kier alpha value is -1.90. The Morgan fingerprint density at radius 1 is 1.29 bits per heavy atom. The minimum absolute atomic E-state index is 0.0509. The fourth-order valence-corrected chi connectivity index (χ4v) is 1.85. The number of carbonyl (C=O) groups excluding carboxylic acids is 1. The SMILES string of the molecule is CCc1nn(C)cc1C(=O)c1ccc(C)cc1. The molecule has 2 rings (SSSR count). The molecule has 3 heteroatoms. The van der Waals surface area contributed by atoms with Crippen LogP contribution in [0.5, 0.6) is 0 Å². The highest BCUT2D eigenvalue weighted by Crippen LogP contribution is 2.14.